The Kier molecular flexibility index (Phi) is 6.61. The van der Waals surface area contributed by atoms with Gasteiger partial charge in [0.2, 0.25) is 0 Å². The topological polar surface area (TPSA) is 108 Å². The van der Waals surface area contributed by atoms with Gasteiger partial charge in [-0.05, 0) is 47.3 Å². The summed E-state index contributed by atoms with van der Waals surface area (Å²) in [7, 11) is 0. The number of hydrogen-bond donors (Lipinski definition) is 2. The second-order valence-electron chi connectivity index (χ2n) is 8.99. The molecule has 1 unspecified atom stereocenters. The van der Waals surface area contributed by atoms with E-state index in [0.29, 0.717) is 31.5 Å². The number of nitrogens with zero attached hydrogens (tertiary/aromatic N) is 5. The van der Waals surface area contributed by atoms with Gasteiger partial charge in [-0.25, -0.2) is 10.0 Å². The fraction of sp³-hybridized carbons (Fsp3) is 0.500. The molecule has 2 aliphatic heterocycles. The van der Waals surface area contributed by atoms with Crippen molar-refractivity contribution in [1.29, 1.82) is 0 Å². The maximum Gasteiger partial charge on any atom is 0.154 e. The first kappa shape index (κ1) is 21.9. The van der Waals surface area contributed by atoms with Crippen LogP contribution in [-0.2, 0) is 11.3 Å². The number of fused-ring (bicyclic) bond motifs is 1. The van der Waals surface area contributed by atoms with Gasteiger partial charge >= 0.3 is 0 Å². The van der Waals surface area contributed by atoms with Crippen molar-refractivity contribution in [2.45, 2.75) is 50.9 Å². The van der Waals surface area contributed by atoms with Crippen molar-refractivity contribution in [2.24, 2.45) is 16.0 Å². The van der Waals surface area contributed by atoms with Gasteiger partial charge < -0.3 is 15.0 Å². The van der Waals surface area contributed by atoms with E-state index in [2.05, 4.69) is 21.5 Å². The van der Waals surface area contributed by atoms with Crippen molar-refractivity contribution < 1.29 is 4.74 Å². The van der Waals surface area contributed by atoms with Crippen LogP contribution in [-0.4, -0.2) is 53.1 Å². The van der Waals surface area contributed by atoms with E-state index in [0.717, 1.165) is 54.3 Å². The predicted octanol–water partition coefficient (Wildman–Crippen LogP) is 3.69. The lowest BCUT2D eigenvalue weighted by atomic mass is 9.95. The Bertz CT molecular complexity index is 1020. The molecule has 2 fully saturated rings. The number of nitrogens with two attached hydrogens (primary N) is 1. The van der Waals surface area contributed by atoms with Crippen LogP contribution in [0.4, 0.5) is 11.4 Å². The zero-order valence-corrected chi connectivity index (χ0v) is 18.8. The van der Waals surface area contributed by atoms with Gasteiger partial charge in [0, 0.05) is 31.9 Å². The van der Waals surface area contributed by atoms with E-state index in [9.17, 15) is 4.91 Å². The highest BCUT2D eigenvalue weighted by Crippen LogP contribution is 2.32. The molecule has 0 amide bonds. The van der Waals surface area contributed by atoms with E-state index in [1.165, 1.54) is 19.3 Å². The second kappa shape index (κ2) is 9.94. The lowest BCUT2D eigenvalue weighted by Crippen LogP contribution is -2.43. The summed E-state index contributed by atoms with van der Waals surface area (Å²) in [6, 6.07) is 9.82. The number of aromatic nitrogens is 1. The minimum Gasteiger partial charge on any atom is -0.378 e. The van der Waals surface area contributed by atoms with Gasteiger partial charge in [0.1, 0.15) is 17.5 Å². The molecular formula is C24H31N7O2. The largest absolute Gasteiger partial charge is 0.378 e. The second-order valence-corrected chi connectivity index (χ2v) is 8.99. The summed E-state index contributed by atoms with van der Waals surface area (Å²) >= 11 is 0. The van der Waals surface area contributed by atoms with Crippen LogP contribution in [0.15, 0.2) is 46.7 Å². The van der Waals surface area contributed by atoms with E-state index < -0.39 is 0 Å². The van der Waals surface area contributed by atoms with E-state index in [4.69, 9.17) is 20.6 Å². The molecule has 5 rings (SSSR count). The van der Waals surface area contributed by atoms with Crippen LogP contribution in [0.3, 0.4) is 0 Å². The number of anilines is 1. The maximum absolute atomic E-state index is 11.1. The maximum atomic E-state index is 11.1. The van der Waals surface area contributed by atoms with Crippen LogP contribution in [0.2, 0.25) is 0 Å². The molecule has 1 aromatic heterocycles. The van der Waals surface area contributed by atoms with Crippen LogP contribution in [0.5, 0.6) is 0 Å². The Morgan fingerprint density at radius 3 is 2.79 bits per heavy atom. The molecule has 174 valence electrons. The number of amidine groups is 1. The first-order valence-corrected chi connectivity index (χ1v) is 11.8. The molecule has 1 aliphatic carbocycles. The molecule has 0 bridgehead atoms. The first-order chi connectivity index (χ1) is 16.2. The summed E-state index contributed by atoms with van der Waals surface area (Å²) in [4.78, 5) is 23.1. The molecule has 9 nitrogen and oxygen atoms in total. The number of ether oxygens (including phenoxy) is 1. The minimum absolute atomic E-state index is 0.332. The Morgan fingerprint density at radius 1 is 1.18 bits per heavy atom. The standard InChI is InChI=1S/C24H31N7O2/c25-31(20-7-2-1-3-8-20)16-17-13-21-22(26-15-17)24(30-9-11-33-12-10-30)28-23(27-21)18-5-4-6-19(14-18)29-32/h4-6,13-15,20,23,27H,1-3,7-12,16,25H2. The predicted molar refractivity (Wildman–Crippen MR) is 128 cm³/mol. The number of morpholine rings is 1. The number of nitrogens with one attached hydrogen (secondary N) is 1. The number of pyridine rings is 1. The fourth-order valence-corrected chi connectivity index (χ4v) is 4.91. The van der Waals surface area contributed by atoms with Crippen molar-refractivity contribution in [3.8, 4) is 0 Å². The molecule has 0 spiro atoms. The van der Waals surface area contributed by atoms with Gasteiger partial charge in [0.25, 0.3) is 0 Å². The quantitative estimate of drug-likeness (QED) is 0.407. The summed E-state index contributed by atoms with van der Waals surface area (Å²) in [6.07, 6.45) is 7.70. The fourth-order valence-electron chi connectivity index (χ4n) is 4.91. The average molecular weight is 450 g/mol. The van der Waals surface area contributed by atoms with E-state index >= 15 is 0 Å². The van der Waals surface area contributed by atoms with Crippen LogP contribution in [0.25, 0.3) is 0 Å². The Labute approximate surface area is 194 Å². The van der Waals surface area contributed by atoms with Crippen molar-refractivity contribution in [3.63, 3.8) is 0 Å². The van der Waals surface area contributed by atoms with Crippen molar-refractivity contribution in [2.75, 3.05) is 31.6 Å². The summed E-state index contributed by atoms with van der Waals surface area (Å²) in [5, 5.41) is 8.57. The van der Waals surface area contributed by atoms with Gasteiger partial charge in [0.05, 0.1) is 18.9 Å². The molecule has 1 aromatic carbocycles. The molecular weight excluding hydrogens is 418 g/mol. The third-order valence-corrected chi connectivity index (χ3v) is 6.71. The van der Waals surface area contributed by atoms with E-state index in [1.807, 2.05) is 23.3 Å². The Balaban J connectivity index is 1.44. The smallest absolute Gasteiger partial charge is 0.154 e. The minimum atomic E-state index is -0.332. The molecule has 1 atom stereocenters. The van der Waals surface area contributed by atoms with Crippen molar-refractivity contribution in [1.82, 2.24) is 14.9 Å². The molecule has 3 aliphatic rings. The number of hydrogen-bond acceptors (Lipinski definition) is 9. The molecule has 33 heavy (non-hydrogen) atoms. The number of hydrazine groups is 1. The first-order valence-electron chi connectivity index (χ1n) is 11.8. The third kappa shape index (κ3) is 4.90. The number of rotatable bonds is 5. The lowest BCUT2D eigenvalue weighted by Gasteiger charge is -2.35. The Morgan fingerprint density at radius 2 is 2.00 bits per heavy atom. The normalized spacial score (nSPS) is 21.3. The number of nitroso groups, excluding NO2 is 1. The van der Waals surface area contributed by atoms with Crippen LogP contribution in [0.1, 0.15) is 55.1 Å². The zero-order chi connectivity index (χ0) is 22.6. The number of aliphatic imine (C=N–C) groups is 1. The molecule has 0 radical (unpaired) electrons. The highest BCUT2D eigenvalue weighted by Gasteiger charge is 2.28. The van der Waals surface area contributed by atoms with Gasteiger partial charge in [-0.2, -0.15) is 0 Å². The van der Waals surface area contributed by atoms with Gasteiger partial charge in [-0.15, -0.1) is 4.91 Å². The summed E-state index contributed by atoms with van der Waals surface area (Å²) in [5.41, 5.74) is 4.11. The summed E-state index contributed by atoms with van der Waals surface area (Å²) in [6.45, 7) is 3.52. The summed E-state index contributed by atoms with van der Waals surface area (Å²) < 4.78 is 5.54. The molecule has 1 saturated carbocycles. The lowest BCUT2D eigenvalue weighted by molar-refractivity contribution is 0.0679. The summed E-state index contributed by atoms with van der Waals surface area (Å²) in [5.74, 6) is 7.30. The van der Waals surface area contributed by atoms with Gasteiger partial charge in [0.15, 0.2) is 5.84 Å². The molecule has 9 heteroatoms. The van der Waals surface area contributed by atoms with Gasteiger partial charge in [-0.3, -0.25) is 10.8 Å². The Hall–Kier alpha value is -2.88. The zero-order valence-electron chi connectivity index (χ0n) is 18.8. The highest BCUT2D eigenvalue weighted by atomic mass is 16.5. The average Bonchev–Trinajstić information content (AvgIpc) is 2.89. The SMILES string of the molecule is NN(Cc1cnc2c(c1)NC(c1cccc(N=O)c1)N=C2N1CCOCC1)C1CCCCC1. The molecule has 3 heterocycles. The van der Waals surface area contributed by atoms with E-state index in [1.54, 1.807) is 12.1 Å². The van der Waals surface area contributed by atoms with E-state index in [-0.39, 0.29) is 6.17 Å². The van der Waals surface area contributed by atoms with Crippen molar-refractivity contribution >= 4 is 17.2 Å². The third-order valence-electron chi connectivity index (χ3n) is 6.71. The van der Waals surface area contributed by atoms with Crippen LogP contribution >= 0.6 is 0 Å². The molecule has 2 aromatic rings. The monoisotopic (exact) mass is 449 g/mol. The highest BCUT2D eigenvalue weighted by molar-refractivity contribution is 6.03. The van der Waals surface area contributed by atoms with Gasteiger partial charge in [-0.1, -0.05) is 31.4 Å². The molecule has 3 N–H and O–H groups in total. The van der Waals surface area contributed by atoms with Crippen molar-refractivity contribution in [3.05, 3.63) is 58.3 Å². The van der Waals surface area contributed by atoms with Crippen LogP contribution in [0, 0.1) is 4.91 Å². The van der Waals surface area contributed by atoms with Crippen LogP contribution < -0.4 is 11.2 Å². The number of benzene rings is 1. The molecule has 1 saturated heterocycles.